The number of benzene rings is 1. The number of aryl methyl sites for hydroxylation is 3. The zero-order valence-electron chi connectivity index (χ0n) is 16.1. The Bertz CT molecular complexity index is 501. The van der Waals surface area contributed by atoms with Crippen molar-refractivity contribution in [2.45, 2.75) is 67.3 Å². The van der Waals surface area contributed by atoms with Gasteiger partial charge in [-0.05, 0) is 59.1 Å². The maximum Gasteiger partial charge on any atom is 0.282 e. The zero-order valence-corrected chi connectivity index (χ0v) is 16.1. The van der Waals surface area contributed by atoms with E-state index in [0.717, 1.165) is 53.8 Å². The van der Waals surface area contributed by atoms with Crippen molar-refractivity contribution in [1.82, 2.24) is 0 Å². The first-order chi connectivity index (χ1) is 10.8. The minimum absolute atomic E-state index is 0.0279. The summed E-state index contributed by atoms with van der Waals surface area (Å²) < 4.78 is 0.865. The number of carbonyl (C=O) groups is 1. The predicted molar refractivity (Wildman–Crippen MR) is 99.9 cm³/mol. The van der Waals surface area contributed by atoms with Crippen LogP contribution in [0, 0.1) is 20.8 Å². The van der Waals surface area contributed by atoms with Gasteiger partial charge in [0.05, 0.1) is 19.6 Å². The standard InChI is InChI=1S/C20H34N2O/c1-8-12-18(22(9-2,10-3)11-4)20(23)21-19-16(6)13-15(5)14-17(19)7/h13-14,18H,8-12H2,1-7H3/p+1. The van der Waals surface area contributed by atoms with Crippen molar-refractivity contribution < 1.29 is 9.28 Å². The second-order valence-corrected chi connectivity index (χ2v) is 6.73. The van der Waals surface area contributed by atoms with Gasteiger partial charge in [0.15, 0.2) is 6.04 Å². The van der Waals surface area contributed by atoms with E-state index in [2.05, 4.69) is 65.9 Å². The van der Waals surface area contributed by atoms with Gasteiger partial charge in [-0.3, -0.25) is 4.79 Å². The molecule has 0 heterocycles. The highest BCUT2D eigenvalue weighted by Gasteiger charge is 2.37. The largest absolute Gasteiger partial charge is 0.320 e. The van der Waals surface area contributed by atoms with Crippen LogP contribution in [0.2, 0.25) is 0 Å². The molecule has 1 aromatic carbocycles. The van der Waals surface area contributed by atoms with Gasteiger partial charge >= 0.3 is 0 Å². The molecule has 1 aromatic rings. The fourth-order valence-corrected chi connectivity index (χ4v) is 3.84. The van der Waals surface area contributed by atoms with Crippen molar-refractivity contribution >= 4 is 11.6 Å². The van der Waals surface area contributed by atoms with Gasteiger partial charge in [-0.15, -0.1) is 0 Å². The molecule has 130 valence electrons. The number of hydrogen-bond acceptors (Lipinski definition) is 1. The Morgan fingerprint density at radius 2 is 1.48 bits per heavy atom. The number of likely N-dealkylation sites (N-methyl/N-ethyl adjacent to an activating group) is 1. The molecule has 0 aromatic heterocycles. The molecule has 1 rings (SSSR count). The van der Waals surface area contributed by atoms with Crippen LogP contribution >= 0.6 is 0 Å². The van der Waals surface area contributed by atoms with Crippen molar-refractivity contribution in [3.8, 4) is 0 Å². The number of carbonyl (C=O) groups excluding carboxylic acids is 1. The highest BCUT2D eigenvalue weighted by atomic mass is 16.2. The van der Waals surface area contributed by atoms with Crippen LogP contribution in [0.15, 0.2) is 12.1 Å². The van der Waals surface area contributed by atoms with Gasteiger partial charge in [-0.2, -0.15) is 0 Å². The number of rotatable bonds is 8. The average molecular weight is 320 g/mol. The Kier molecular flexibility index (Phi) is 7.27. The van der Waals surface area contributed by atoms with Gasteiger partial charge in [0.2, 0.25) is 0 Å². The van der Waals surface area contributed by atoms with E-state index < -0.39 is 0 Å². The Morgan fingerprint density at radius 1 is 1.00 bits per heavy atom. The van der Waals surface area contributed by atoms with Gasteiger partial charge in [0.1, 0.15) is 0 Å². The first-order valence-electron chi connectivity index (χ1n) is 9.09. The summed E-state index contributed by atoms with van der Waals surface area (Å²) in [5.41, 5.74) is 4.52. The van der Waals surface area contributed by atoms with E-state index in [1.165, 1.54) is 5.56 Å². The van der Waals surface area contributed by atoms with Crippen LogP contribution in [-0.4, -0.2) is 36.1 Å². The van der Waals surface area contributed by atoms with E-state index in [1.54, 1.807) is 0 Å². The van der Waals surface area contributed by atoms with Crippen LogP contribution < -0.4 is 5.32 Å². The molecule has 1 atom stereocenters. The number of quaternary nitrogens is 1. The van der Waals surface area contributed by atoms with Crippen LogP contribution in [0.5, 0.6) is 0 Å². The normalized spacial score (nSPS) is 13.0. The molecule has 0 aliphatic carbocycles. The highest BCUT2D eigenvalue weighted by molar-refractivity contribution is 5.95. The topological polar surface area (TPSA) is 29.1 Å². The van der Waals surface area contributed by atoms with E-state index in [0.29, 0.717) is 0 Å². The third kappa shape index (κ3) is 4.35. The van der Waals surface area contributed by atoms with Crippen LogP contribution in [0.25, 0.3) is 0 Å². The number of anilines is 1. The van der Waals surface area contributed by atoms with E-state index in [9.17, 15) is 4.79 Å². The SMILES string of the molecule is CCCC(C(=O)Nc1c(C)cc(C)cc1C)[N+](CC)(CC)CC. The molecule has 0 aliphatic rings. The summed E-state index contributed by atoms with van der Waals surface area (Å²) in [7, 11) is 0. The number of amides is 1. The molecule has 0 bridgehead atoms. The summed E-state index contributed by atoms with van der Waals surface area (Å²) in [5.74, 6) is 0.174. The van der Waals surface area contributed by atoms with Crippen LogP contribution in [0.1, 0.15) is 57.2 Å². The van der Waals surface area contributed by atoms with Crippen molar-refractivity contribution in [2.75, 3.05) is 25.0 Å². The molecule has 0 radical (unpaired) electrons. The third-order valence-electron chi connectivity index (χ3n) is 5.34. The number of hydrogen-bond donors (Lipinski definition) is 1. The second kappa shape index (κ2) is 8.49. The fraction of sp³-hybridized carbons (Fsp3) is 0.650. The Morgan fingerprint density at radius 3 is 1.87 bits per heavy atom. The molecule has 1 N–H and O–H groups in total. The van der Waals surface area contributed by atoms with Crippen LogP contribution in [-0.2, 0) is 4.79 Å². The molecule has 0 spiro atoms. The van der Waals surface area contributed by atoms with E-state index in [4.69, 9.17) is 0 Å². The molecule has 0 aliphatic heterocycles. The summed E-state index contributed by atoms with van der Waals surface area (Å²) in [6.45, 7) is 18.0. The maximum atomic E-state index is 13.1. The first-order valence-corrected chi connectivity index (χ1v) is 9.09. The number of nitrogens with zero attached hydrogens (tertiary/aromatic N) is 1. The molecular formula is C20H35N2O+. The second-order valence-electron chi connectivity index (χ2n) is 6.73. The minimum Gasteiger partial charge on any atom is -0.320 e. The van der Waals surface area contributed by atoms with Gasteiger partial charge in [0, 0.05) is 12.1 Å². The molecule has 1 unspecified atom stereocenters. The fourth-order valence-electron chi connectivity index (χ4n) is 3.84. The molecule has 0 saturated carbocycles. The number of nitrogens with one attached hydrogen (secondary N) is 1. The van der Waals surface area contributed by atoms with E-state index in [1.807, 2.05) is 0 Å². The summed E-state index contributed by atoms with van der Waals surface area (Å²) in [4.78, 5) is 13.1. The summed E-state index contributed by atoms with van der Waals surface area (Å²) in [5, 5.41) is 3.24. The molecule has 3 heteroatoms. The molecule has 0 fully saturated rings. The van der Waals surface area contributed by atoms with Crippen molar-refractivity contribution in [3.05, 3.63) is 28.8 Å². The smallest absolute Gasteiger partial charge is 0.282 e. The van der Waals surface area contributed by atoms with Gasteiger partial charge in [-0.25, -0.2) is 0 Å². The Balaban J connectivity index is 3.13. The van der Waals surface area contributed by atoms with Gasteiger partial charge < -0.3 is 9.80 Å². The molecule has 0 saturated heterocycles. The lowest BCUT2D eigenvalue weighted by atomic mass is 10.0. The first kappa shape index (κ1) is 19.7. The Hall–Kier alpha value is -1.35. The molecule has 1 amide bonds. The molecule has 23 heavy (non-hydrogen) atoms. The third-order valence-corrected chi connectivity index (χ3v) is 5.34. The lowest BCUT2D eigenvalue weighted by molar-refractivity contribution is -0.938. The summed E-state index contributed by atoms with van der Waals surface area (Å²) >= 11 is 0. The molecule has 3 nitrogen and oxygen atoms in total. The van der Waals surface area contributed by atoms with Crippen molar-refractivity contribution in [2.24, 2.45) is 0 Å². The quantitative estimate of drug-likeness (QED) is 0.697. The van der Waals surface area contributed by atoms with E-state index >= 15 is 0 Å². The van der Waals surface area contributed by atoms with Crippen molar-refractivity contribution in [1.29, 1.82) is 0 Å². The summed E-state index contributed by atoms with van der Waals surface area (Å²) in [6.07, 6.45) is 1.97. The van der Waals surface area contributed by atoms with Gasteiger partial charge in [-0.1, -0.05) is 24.6 Å². The average Bonchev–Trinajstić information content (AvgIpc) is 2.51. The lowest BCUT2D eigenvalue weighted by Gasteiger charge is -2.42. The highest BCUT2D eigenvalue weighted by Crippen LogP contribution is 2.25. The minimum atomic E-state index is 0.0279. The van der Waals surface area contributed by atoms with Crippen molar-refractivity contribution in [3.63, 3.8) is 0 Å². The van der Waals surface area contributed by atoms with E-state index in [-0.39, 0.29) is 11.9 Å². The Labute approximate surface area is 142 Å². The van der Waals surface area contributed by atoms with Gasteiger partial charge in [0.25, 0.3) is 5.91 Å². The lowest BCUT2D eigenvalue weighted by Crippen LogP contribution is -2.59. The van der Waals surface area contributed by atoms with Crippen LogP contribution in [0.4, 0.5) is 5.69 Å². The van der Waals surface area contributed by atoms with Crippen LogP contribution in [0.3, 0.4) is 0 Å². The zero-order chi connectivity index (χ0) is 17.6. The predicted octanol–water partition coefficient (Wildman–Crippen LogP) is 4.60. The monoisotopic (exact) mass is 319 g/mol. The molecular weight excluding hydrogens is 284 g/mol. The maximum absolute atomic E-state index is 13.1. The summed E-state index contributed by atoms with van der Waals surface area (Å²) in [6, 6.07) is 4.30.